The quantitative estimate of drug-likeness (QED) is 0.595. The van der Waals surface area contributed by atoms with Gasteiger partial charge in [0.05, 0.1) is 11.1 Å². The lowest BCUT2D eigenvalue weighted by Gasteiger charge is -2.29. The third-order valence-corrected chi connectivity index (χ3v) is 6.59. The van der Waals surface area contributed by atoms with Gasteiger partial charge in [0.1, 0.15) is 0 Å². The van der Waals surface area contributed by atoms with Crippen molar-refractivity contribution in [1.29, 1.82) is 0 Å². The van der Waals surface area contributed by atoms with Gasteiger partial charge in [-0.25, -0.2) is 4.79 Å². The molecule has 0 aliphatic carbocycles. The summed E-state index contributed by atoms with van der Waals surface area (Å²) >= 11 is 0. The maximum atomic E-state index is 13.3. The first kappa shape index (κ1) is 20.6. The molecule has 2 aromatic carbocycles. The van der Waals surface area contributed by atoms with Crippen LogP contribution in [0.25, 0.3) is 10.9 Å². The molecule has 6 nitrogen and oxygen atoms in total. The van der Waals surface area contributed by atoms with Crippen LogP contribution in [0, 0.1) is 0 Å². The van der Waals surface area contributed by atoms with Gasteiger partial charge >= 0.3 is 5.97 Å². The summed E-state index contributed by atoms with van der Waals surface area (Å²) < 4.78 is 5.60. The zero-order chi connectivity index (χ0) is 22.1. The summed E-state index contributed by atoms with van der Waals surface area (Å²) in [7, 11) is 0. The average molecular weight is 430 g/mol. The first-order chi connectivity index (χ1) is 15.6. The van der Waals surface area contributed by atoms with Crippen molar-refractivity contribution in [3.63, 3.8) is 0 Å². The standard InChI is InChI=1S/C26H27N3O3/c1-2-28-13-12-23-21(16-28)25(20-9-5-6-10-22(20)27-23)26(31)32-17-24(30)29-14-11-18-7-3-4-8-19(18)15-29/h3-10H,2,11-17H2,1H3. The van der Waals surface area contributed by atoms with Crippen molar-refractivity contribution in [3.05, 3.63) is 76.5 Å². The summed E-state index contributed by atoms with van der Waals surface area (Å²) in [5, 5.41) is 0.786. The van der Waals surface area contributed by atoms with Gasteiger partial charge in [0.15, 0.2) is 6.61 Å². The molecule has 0 saturated heterocycles. The van der Waals surface area contributed by atoms with Crippen LogP contribution in [0.15, 0.2) is 48.5 Å². The second-order valence-corrected chi connectivity index (χ2v) is 8.46. The number of para-hydroxylation sites is 1. The van der Waals surface area contributed by atoms with Crippen molar-refractivity contribution < 1.29 is 14.3 Å². The maximum absolute atomic E-state index is 13.3. The highest BCUT2D eigenvalue weighted by Crippen LogP contribution is 2.29. The summed E-state index contributed by atoms with van der Waals surface area (Å²) in [4.78, 5) is 35.0. The number of hydrogen-bond donors (Lipinski definition) is 0. The van der Waals surface area contributed by atoms with Gasteiger partial charge in [0, 0.05) is 49.2 Å². The van der Waals surface area contributed by atoms with E-state index in [0.29, 0.717) is 25.2 Å². The molecule has 0 atom stereocenters. The SMILES string of the molecule is CCN1CCc2nc3ccccc3c(C(=O)OCC(=O)N3CCc4ccccc4C3)c2C1. The molecule has 2 aliphatic heterocycles. The van der Waals surface area contributed by atoms with Crippen molar-refractivity contribution in [3.8, 4) is 0 Å². The molecule has 0 fully saturated rings. The Morgan fingerprint density at radius 3 is 2.59 bits per heavy atom. The molecule has 3 aromatic rings. The number of fused-ring (bicyclic) bond motifs is 3. The maximum Gasteiger partial charge on any atom is 0.339 e. The Balaban J connectivity index is 1.37. The van der Waals surface area contributed by atoms with E-state index >= 15 is 0 Å². The van der Waals surface area contributed by atoms with Crippen molar-refractivity contribution in [2.24, 2.45) is 0 Å². The Hall–Kier alpha value is -3.25. The lowest BCUT2D eigenvalue weighted by Crippen LogP contribution is -2.38. The number of carbonyl (C=O) groups is 2. The fraction of sp³-hybridized carbons (Fsp3) is 0.346. The molecule has 3 heterocycles. The molecular weight excluding hydrogens is 402 g/mol. The molecule has 5 rings (SSSR count). The van der Waals surface area contributed by atoms with Crippen LogP contribution in [0.5, 0.6) is 0 Å². The largest absolute Gasteiger partial charge is 0.452 e. The van der Waals surface area contributed by atoms with E-state index in [9.17, 15) is 9.59 Å². The summed E-state index contributed by atoms with van der Waals surface area (Å²) in [6.45, 7) is 5.59. The lowest BCUT2D eigenvalue weighted by atomic mass is 9.96. The molecule has 164 valence electrons. The highest BCUT2D eigenvalue weighted by atomic mass is 16.5. The van der Waals surface area contributed by atoms with Gasteiger partial charge in [0.2, 0.25) is 0 Å². The van der Waals surface area contributed by atoms with E-state index in [2.05, 4.69) is 24.0 Å². The Labute approximate surface area is 187 Å². The molecule has 1 aromatic heterocycles. The van der Waals surface area contributed by atoms with Crippen LogP contribution in [0.2, 0.25) is 0 Å². The van der Waals surface area contributed by atoms with E-state index in [1.54, 1.807) is 4.90 Å². The minimum absolute atomic E-state index is 0.157. The van der Waals surface area contributed by atoms with Gasteiger partial charge in [-0.15, -0.1) is 0 Å². The van der Waals surface area contributed by atoms with Crippen LogP contribution in [0.3, 0.4) is 0 Å². The van der Waals surface area contributed by atoms with E-state index in [1.165, 1.54) is 5.56 Å². The number of pyridine rings is 1. The Bertz CT molecular complexity index is 1190. The molecule has 0 unspecified atom stereocenters. The number of carbonyl (C=O) groups excluding carboxylic acids is 2. The van der Waals surface area contributed by atoms with E-state index < -0.39 is 5.97 Å². The monoisotopic (exact) mass is 429 g/mol. The topological polar surface area (TPSA) is 62.7 Å². The van der Waals surface area contributed by atoms with Crippen molar-refractivity contribution in [2.75, 3.05) is 26.2 Å². The zero-order valence-corrected chi connectivity index (χ0v) is 18.3. The first-order valence-corrected chi connectivity index (χ1v) is 11.3. The molecule has 0 N–H and O–H groups in total. The summed E-state index contributed by atoms with van der Waals surface area (Å²) in [5.74, 6) is -0.598. The number of nitrogens with zero attached hydrogens (tertiary/aromatic N) is 3. The fourth-order valence-electron chi connectivity index (χ4n) is 4.75. The minimum Gasteiger partial charge on any atom is -0.452 e. The van der Waals surface area contributed by atoms with Gasteiger partial charge in [-0.3, -0.25) is 14.7 Å². The number of rotatable bonds is 4. The fourth-order valence-corrected chi connectivity index (χ4v) is 4.75. The summed E-state index contributed by atoms with van der Waals surface area (Å²) in [5.41, 5.74) is 5.68. The summed E-state index contributed by atoms with van der Waals surface area (Å²) in [6.07, 6.45) is 1.63. The van der Waals surface area contributed by atoms with Crippen LogP contribution in [0.4, 0.5) is 0 Å². The van der Waals surface area contributed by atoms with Crippen molar-refractivity contribution >= 4 is 22.8 Å². The number of hydrogen-bond acceptors (Lipinski definition) is 5. The Morgan fingerprint density at radius 1 is 0.969 bits per heavy atom. The molecule has 6 heteroatoms. The number of esters is 1. The second-order valence-electron chi connectivity index (χ2n) is 8.46. The van der Waals surface area contributed by atoms with Crippen LogP contribution in [-0.4, -0.2) is 52.9 Å². The van der Waals surface area contributed by atoms with Gasteiger partial charge < -0.3 is 9.64 Å². The predicted molar refractivity (Wildman–Crippen MR) is 122 cm³/mol. The van der Waals surface area contributed by atoms with Crippen molar-refractivity contribution in [1.82, 2.24) is 14.8 Å². The molecular formula is C26H27N3O3. The smallest absolute Gasteiger partial charge is 0.339 e. The number of likely N-dealkylation sites (N-methyl/N-ethyl adjacent to an activating group) is 1. The predicted octanol–water partition coefficient (Wildman–Crippen LogP) is 3.35. The molecule has 0 bridgehead atoms. The van der Waals surface area contributed by atoms with Crippen LogP contribution in [-0.2, 0) is 35.5 Å². The number of amides is 1. The van der Waals surface area contributed by atoms with E-state index in [0.717, 1.165) is 53.7 Å². The van der Waals surface area contributed by atoms with E-state index in [4.69, 9.17) is 9.72 Å². The Morgan fingerprint density at radius 2 is 1.75 bits per heavy atom. The zero-order valence-electron chi connectivity index (χ0n) is 18.3. The third kappa shape index (κ3) is 3.86. The van der Waals surface area contributed by atoms with Crippen LogP contribution in [0.1, 0.15) is 39.7 Å². The highest BCUT2D eigenvalue weighted by molar-refractivity contribution is 6.05. The van der Waals surface area contributed by atoms with Crippen molar-refractivity contribution in [2.45, 2.75) is 32.9 Å². The third-order valence-electron chi connectivity index (χ3n) is 6.59. The second kappa shape index (κ2) is 8.71. The van der Waals surface area contributed by atoms with Crippen LogP contribution < -0.4 is 0 Å². The Kier molecular flexibility index (Phi) is 5.62. The van der Waals surface area contributed by atoms with E-state index in [-0.39, 0.29) is 12.5 Å². The van der Waals surface area contributed by atoms with Gasteiger partial charge in [0.25, 0.3) is 5.91 Å². The van der Waals surface area contributed by atoms with Gasteiger partial charge in [-0.1, -0.05) is 49.4 Å². The number of aromatic nitrogens is 1. The normalized spacial score (nSPS) is 15.8. The molecule has 0 radical (unpaired) electrons. The molecule has 0 saturated carbocycles. The molecule has 0 spiro atoms. The highest BCUT2D eigenvalue weighted by Gasteiger charge is 2.27. The first-order valence-electron chi connectivity index (χ1n) is 11.3. The number of ether oxygens (including phenoxy) is 1. The molecule has 32 heavy (non-hydrogen) atoms. The van der Waals surface area contributed by atoms with E-state index in [1.807, 2.05) is 36.4 Å². The van der Waals surface area contributed by atoms with Gasteiger partial charge in [-0.2, -0.15) is 0 Å². The molecule has 2 aliphatic rings. The minimum atomic E-state index is -0.441. The molecule has 1 amide bonds. The number of benzene rings is 2. The average Bonchev–Trinajstić information content (AvgIpc) is 2.84. The summed E-state index contributed by atoms with van der Waals surface area (Å²) in [6, 6.07) is 15.8. The van der Waals surface area contributed by atoms with Gasteiger partial charge in [-0.05, 0) is 30.2 Å². The lowest BCUT2D eigenvalue weighted by molar-refractivity contribution is -0.135. The van der Waals surface area contributed by atoms with Crippen LogP contribution >= 0.6 is 0 Å².